The van der Waals surface area contributed by atoms with Crippen LogP contribution >= 0.6 is 0 Å². The number of halogens is 1. The summed E-state index contributed by atoms with van der Waals surface area (Å²) >= 11 is 0. The summed E-state index contributed by atoms with van der Waals surface area (Å²) < 4.78 is 0.601. The van der Waals surface area contributed by atoms with Crippen LogP contribution in [0.4, 0.5) is 0 Å². The minimum Gasteiger partial charge on any atom is -1.00 e. The van der Waals surface area contributed by atoms with Gasteiger partial charge in [0.2, 0.25) is 0 Å². The first-order chi connectivity index (χ1) is 6.02. The zero-order valence-electron chi connectivity index (χ0n) is 8.94. The van der Waals surface area contributed by atoms with Gasteiger partial charge in [-0.2, -0.15) is 0 Å². The van der Waals surface area contributed by atoms with Crippen molar-refractivity contribution in [1.82, 2.24) is 0 Å². The minimum absolute atomic E-state index is 0. The van der Waals surface area contributed by atoms with E-state index < -0.39 is 0 Å². The van der Waals surface area contributed by atoms with E-state index in [-0.39, 0.29) is 23.2 Å². The second-order valence-electron chi connectivity index (χ2n) is 4.05. The summed E-state index contributed by atoms with van der Waals surface area (Å²) in [6.07, 6.45) is -0.333. The number of nitrogens with zero attached hydrogens (tertiary/aromatic N) is 1. The molecule has 14 heavy (non-hydrogen) atoms. The molecule has 1 rings (SSSR count). The molecular weight excluding hydrogens is 242 g/mol. The van der Waals surface area contributed by atoms with E-state index >= 15 is 0 Å². The zero-order chi connectivity index (χ0) is 9.90. The standard InChI is InChI=1S/C11H18NO.BrH/c1-10(13)12(2,3)9-11-7-5-4-6-8-11;/h4-8,10,13H,9H2,1-3H3;1H/q+1;/p-1. The second kappa shape index (κ2) is 5.49. The van der Waals surface area contributed by atoms with Crippen LogP contribution in [0.25, 0.3) is 0 Å². The lowest BCUT2D eigenvalue weighted by Gasteiger charge is -2.32. The van der Waals surface area contributed by atoms with Gasteiger partial charge < -0.3 is 26.6 Å². The summed E-state index contributed by atoms with van der Waals surface area (Å²) in [6, 6.07) is 10.2. The normalized spacial score (nSPS) is 13.1. The Hall–Kier alpha value is -0.380. The van der Waals surface area contributed by atoms with Crippen molar-refractivity contribution in [2.45, 2.75) is 19.7 Å². The van der Waals surface area contributed by atoms with Crippen molar-refractivity contribution in [3.05, 3.63) is 35.9 Å². The maximum atomic E-state index is 9.51. The van der Waals surface area contributed by atoms with Crippen molar-refractivity contribution in [1.29, 1.82) is 0 Å². The van der Waals surface area contributed by atoms with Gasteiger partial charge in [-0.05, 0) is 0 Å². The van der Waals surface area contributed by atoms with E-state index in [9.17, 15) is 5.11 Å². The molecule has 1 N–H and O–H groups in total. The number of quaternary nitrogens is 1. The first-order valence-corrected chi connectivity index (χ1v) is 4.57. The van der Waals surface area contributed by atoms with Gasteiger partial charge in [-0.3, -0.25) is 0 Å². The summed E-state index contributed by atoms with van der Waals surface area (Å²) in [7, 11) is 4.05. The fourth-order valence-electron chi connectivity index (χ4n) is 1.19. The van der Waals surface area contributed by atoms with Crippen LogP contribution in [0.3, 0.4) is 0 Å². The third kappa shape index (κ3) is 3.78. The maximum absolute atomic E-state index is 9.51. The van der Waals surface area contributed by atoms with Crippen LogP contribution in [0.15, 0.2) is 30.3 Å². The van der Waals surface area contributed by atoms with E-state index in [1.807, 2.05) is 39.2 Å². The van der Waals surface area contributed by atoms with Crippen LogP contribution < -0.4 is 17.0 Å². The van der Waals surface area contributed by atoms with Gasteiger partial charge in [-0.1, -0.05) is 30.3 Å². The quantitative estimate of drug-likeness (QED) is 0.524. The fraction of sp³-hybridized carbons (Fsp3) is 0.455. The van der Waals surface area contributed by atoms with E-state index in [4.69, 9.17) is 0 Å². The average molecular weight is 260 g/mol. The van der Waals surface area contributed by atoms with E-state index in [0.29, 0.717) is 4.48 Å². The molecule has 1 aromatic carbocycles. The second-order valence-corrected chi connectivity index (χ2v) is 4.05. The van der Waals surface area contributed by atoms with Gasteiger partial charge in [0.05, 0.1) is 14.1 Å². The molecule has 0 saturated heterocycles. The van der Waals surface area contributed by atoms with Crippen LogP contribution in [-0.4, -0.2) is 29.9 Å². The van der Waals surface area contributed by atoms with Gasteiger partial charge in [-0.25, -0.2) is 0 Å². The number of rotatable bonds is 3. The summed E-state index contributed by atoms with van der Waals surface area (Å²) in [4.78, 5) is 0. The molecule has 0 spiro atoms. The lowest BCUT2D eigenvalue weighted by molar-refractivity contribution is -0.946. The number of hydrogen-bond acceptors (Lipinski definition) is 1. The molecule has 0 bridgehead atoms. The van der Waals surface area contributed by atoms with E-state index in [1.165, 1.54) is 5.56 Å². The van der Waals surface area contributed by atoms with Crippen molar-refractivity contribution in [3.8, 4) is 0 Å². The molecular formula is C11H18BrNO. The van der Waals surface area contributed by atoms with Gasteiger partial charge in [-0.15, -0.1) is 0 Å². The van der Waals surface area contributed by atoms with Gasteiger partial charge in [0.25, 0.3) is 0 Å². The van der Waals surface area contributed by atoms with Crippen LogP contribution in [-0.2, 0) is 6.54 Å². The zero-order valence-corrected chi connectivity index (χ0v) is 10.5. The smallest absolute Gasteiger partial charge is 0.187 e. The highest BCUT2D eigenvalue weighted by Gasteiger charge is 2.21. The highest BCUT2D eigenvalue weighted by molar-refractivity contribution is 5.13. The predicted octanol–water partition coefficient (Wildman–Crippen LogP) is -1.39. The molecule has 0 aromatic heterocycles. The molecule has 0 amide bonds. The van der Waals surface area contributed by atoms with Gasteiger partial charge in [0.1, 0.15) is 6.54 Å². The van der Waals surface area contributed by atoms with Gasteiger partial charge in [0, 0.05) is 12.5 Å². The van der Waals surface area contributed by atoms with Crippen LogP contribution in [0, 0.1) is 0 Å². The SMILES string of the molecule is CC(O)[N+](C)(C)Cc1ccccc1.[Br-]. The predicted molar refractivity (Wildman–Crippen MR) is 53.9 cm³/mol. The Kier molecular flexibility index (Phi) is 5.34. The van der Waals surface area contributed by atoms with Crippen molar-refractivity contribution in [3.63, 3.8) is 0 Å². The molecule has 0 saturated carbocycles. The first kappa shape index (κ1) is 13.6. The topological polar surface area (TPSA) is 20.2 Å². The third-order valence-corrected chi connectivity index (χ3v) is 2.44. The Morgan fingerprint density at radius 1 is 1.21 bits per heavy atom. The van der Waals surface area contributed by atoms with Crippen molar-refractivity contribution < 1.29 is 26.6 Å². The van der Waals surface area contributed by atoms with Gasteiger partial charge >= 0.3 is 0 Å². The summed E-state index contributed by atoms with van der Waals surface area (Å²) in [5, 5.41) is 9.51. The molecule has 0 aliphatic carbocycles. The van der Waals surface area contributed by atoms with E-state index in [0.717, 1.165) is 6.54 Å². The molecule has 80 valence electrons. The molecule has 1 atom stereocenters. The molecule has 3 heteroatoms. The first-order valence-electron chi connectivity index (χ1n) is 4.57. The molecule has 2 nitrogen and oxygen atoms in total. The van der Waals surface area contributed by atoms with Gasteiger partial charge in [0.15, 0.2) is 6.23 Å². The van der Waals surface area contributed by atoms with E-state index in [1.54, 1.807) is 0 Å². The van der Waals surface area contributed by atoms with Crippen molar-refractivity contribution in [2.75, 3.05) is 14.1 Å². The number of hydrogen-bond donors (Lipinski definition) is 1. The lowest BCUT2D eigenvalue weighted by atomic mass is 10.2. The number of aliphatic hydroxyl groups excluding tert-OH is 1. The molecule has 0 aliphatic rings. The van der Waals surface area contributed by atoms with E-state index in [2.05, 4.69) is 12.1 Å². The van der Waals surface area contributed by atoms with Crippen LogP contribution in [0.2, 0.25) is 0 Å². The highest BCUT2D eigenvalue weighted by atomic mass is 79.9. The highest BCUT2D eigenvalue weighted by Crippen LogP contribution is 2.11. The van der Waals surface area contributed by atoms with Crippen molar-refractivity contribution >= 4 is 0 Å². The molecule has 1 unspecified atom stereocenters. The monoisotopic (exact) mass is 259 g/mol. The van der Waals surface area contributed by atoms with Crippen molar-refractivity contribution in [2.24, 2.45) is 0 Å². The summed E-state index contributed by atoms with van der Waals surface area (Å²) in [5.41, 5.74) is 1.26. The molecule has 0 aliphatic heterocycles. The minimum atomic E-state index is -0.333. The number of benzene rings is 1. The average Bonchev–Trinajstić information content (AvgIpc) is 2.05. The number of aliphatic hydroxyl groups is 1. The summed E-state index contributed by atoms with van der Waals surface area (Å²) in [6.45, 7) is 2.68. The Morgan fingerprint density at radius 3 is 2.14 bits per heavy atom. The summed E-state index contributed by atoms with van der Waals surface area (Å²) in [5.74, 6) is 0. The molecule has 1 aromatic rings. The van der Waals surface area contributed by atoms with Crippen LogP contribution in [0.5, 0.6) is 0 Å². The third-order valence-electron chi connectivity index (χ3n) is 2.44. The largest absolute Gasteiger partial charge is 1.00 e. The Balaban J connectivity index is 0.00000169. The molecule has 0 fully saturated rings. The molecule has 0 heterocycles. The fourth-order valence-corrected chi connectivity index (χ4v) is 1.19. The Morgan fingerprint density at radius 2 is 1.71 bits per heavy atom. The Labute approximate surface area is 96.5 Å². The Bertz CT molecular complexity index is 259. The maximum Gasteiger partial charge on any atom is 0.187 e. The van der Waals surface area contributed by atoms with Crippen LogP contribution in [0.1, 0.15) is 12.5 Å². The molecule has 0 radical (unpaired) electrons. The lowest BCUT2D eigenvalue weighted by Crippen LogP contribution is -3.00.